The van der Waals surface area contributed by atoms with Gasteiger partial charge in [-0.2, -0.15) is 0 Å². The summed E-state index contributed by atoms with van der Waals surface area (Å²) in [6.45, 7) is 1.65. The lowest BCUT2D eigenvalue weighted by Gasteiger charge is -2.20. The van der Waals surface area contributed by atoms with E-state index in [2.05, 4.69) is 40.2 Å². The molecule has 1 aromatic carbocycles. The maximum absolute atomic E-state index is 5.76. The number of ether oxygens (including phenoxy) is 1. The Kier molecular flexibility index (Phi) is 6.94. The molecule has 106 valence electrons. The molecule has 0 radical (unpaired) electrons. The van der Waals surface area contributed by atoms with Gasteiger partial charge in [0.05, 0.1) is 6.61 Å². The maximum atomic E-state index is 5.76. The molecule has 0 spiro atoms. The lowest BCUT2D eigenvalue weighted by molar-refractivity contribution is 0.112. The molecular weight excluding hydrogens is 300 g/mol. The molecule has 0 aliphatic heterocycles. The van der Waals surface area contributed by atoms with Crippen molar-refractivity contribution >= 4 is 15.9 Å². The largest absolute Gasteiger partial charge is 0.377 e. The summed E-state index contributed by atoms with van der Waals surface area (Å²) in [5.41, 5.74) is 1.27. The van der Waals surface area contributed by atoms with Gasteiger partial charge in [-0.3, -0.25) is 0 Å². The number of hydrogen-bond donors (Lipinski definition) is 0. The maximum Gasteiger partial charge on any atom is 0.0716 e. The Balaban J connectivity index is 1.58. The summed E-state index contributed by atoms with van der Waals surface area (Å²) in [4.78, 5) is 0. The molecule has 0 N–H and O–H groups in total. The Morgan fingerprint density at radius 3 is 2.58 bits per heavy atom. The van der Waals surface area contributed by atoms with E-state index in [4.69, 9.17) is 4.74 Å². The van der Waals surface area contributed by atoms with Crippen molar-refractivity contribution in [2.24, 2.45) is 11.8 Å². The average Bonchev–Trinajstić information content (AvgIpc) is 2.98. The van der Waals surface area contributed by atoms with Gasteiger partial charge in [0.2, 0.25) is 0 Å². The Labute approximate surface area is 125 Å². The molecule has 2 rings (SSSR count). The normalized spacial score (nSPS) is 17.7. The van der Waals surface area contributed by atoms with E-state index in [0.29, 0.717) is 0 Å². The number of benzene rings is 1. The highest BCUT2D eigenvalue weighted by atomic mass is 79.9. The smallest absolute Gasteiger partial charge is 0.0716 e. The summed E-state index contributed by atoms with van der Waals surface area (Å²) in [5, 5.41) is 1.16. The van der Waals surface area contributed by atoms with Crippen LogP contribution < -0.4 is 0 Å². The Hall–Kier alpha value is -0.340. The second-order valence-electron chi connectivity index (χ2n) is 5.64. The average molecular weight is 325 g/mol. The second kappa shape index (κ2) is 8.76. The van der Waals surface area contributed by atoms with Crippen molar-refractivity contribution in [3.63, 3.8) is 0 Å². The van der Waals surface area contributed by atoms with Gasteiger partial charge in [-0.25, -0.2) is 0 Å². The van der Waals surface area contributed by atoms with Crippen LogP contribution in [0.15, 0.2) is 30.3 Å². The number of rotatable bonds is 8. The summed E-state index contributed by atoms with van der Waals surface area (Å²) in [6.07, 6.45) is 8.28. The third-order valence-corrected chi connectivity index (χ3v) is 5.07. The van der Waals surface area contributed by atoms with E-state index < -0.39 is 0 Å². The van der Waals surface area contributed by atoms with Crippen LogP contribution in [0, 0.1) is 11.8 Å². The highest BCUT2D eigenvalue weighted by Crippen LogP contribution is 2.34. The summed E-state index contributed by atoms with van der Waals surface area (Å²) in [5.74, 6) is 1.83. The van der Waals surface area contributed by atoms with Crippen LogP contribution >= 0.6 is 15.9 Å². The minimum absolute atomic E-state index is 0.753. The van der Waals surface area contributed by atoms with Gasteiger partial charge in [0.15, 0.2) is 0 Å². The van der Waals surface area contributed by atoms with E-state index in [-0.39, 0.29) is 0 Å². The van der Waals surface area contributed by atoms with E-state index in [1.165, 1.54) is 44.1 Å². The van der Waals surface area contributed by atoms with E-state index in [1.54, 1.807) is 0 Å². The van der Waals surface area contributed by atoms with Gasteiger partial charge >= 0.3 is 0 Å². The van der Waals surface area contributed by atoms with Gasteiger partial charge in [0, 0.05) is 11.9 Å². The molecule has 1 fully saturated rings. The van der Waals surface area contributed by atoms with Gasteiger partial charge in [0.1, 0.15) is 0 Å². The van der Waals surface area contributed by atoms with Crippen LogP contribution in [0.2, 0.25) is 0 Å². The monoisotopic (exact) mass is 324 g/mol. The highest BCUT2D eigenvalue weighted by Gasteiger charge is 2.23. The van der Waals surface area contributed by atoms with Crippen LogP contribution in [0.5, 0.6) is 0 Å². The number of hydrogen-bond acceptors (Lipinski definition) is 1. The van der Waals surface area contributed by atoms with E-state index in [9.17, 15) is 0 Å². The molecule has 1 aliphatic carbocycles. The number of alkyl halides is 1. The van der Waals surface area contributed by atoms with Crippen molar-refractivity contribution in [1.82, 2.24) is 0 Å². The zero-order valence-electron chi connectivity index (χ0n) is 11.7. The van der Waals surface area contributed by atoms with Crippen molar-refractivity contribution in [3.05, 3.63) is 35.9 Å². The fourth-order valence-electron chi connectivity index (χ4n) is 3.08. The lowest BCUT2D eigenvalue weighted by atomic mass is 9.89. The summed E-state index contributed by atoms with van der Waals surface area (Å²) in [6, 6.07) is 10.4. The first-order valence-electron chi connectivity index (χ1n) is 7.58. The summed E-state index contributed by atoms with van der Waals surface area (Å²) in [7, 11) is 0. The van der Waals surface area contributed by atoms with Crippen LogP contribution in [-0.2, 0) is 11.3 Å². The van der Waals surface area contributed by atoms with E-state index in [1.807, 2.05) is 6.07 Å². The minimum atomic E-state index is 0.753. The molecule has 19 heavy (non-hydrogen) atoms. The van der Waals surface area contributed by atoms with Crippen molar-refractivity contribution < 1.29 is 4.74 Å². The number of halogens is 1. The zero-order chi connectivity index (χ0) is 13.3. The van der Waals surface area contributed by atoms with Crippen molar-refractivity contribution in [2.75, 3.05) is 11.9 Å². The lowest BCUT2D eigenvalue weighted by Crippen LogP contribution is -2.14. The van der Waals surface area contributed by atoms with Crippen molar-refractivity contribution in [1.29, 1.82) is 0 Å². The fourth-order valence-corrected chi connectivity index (χ4v) is 3.93. The highest BCUT2D eigenvalue weighted by molar-refractivity contribution is 9.09. The minimum Gasteiger partial charge on any atom is -0.377 e. The van der Waals surface area contributed by atoms with Crippen molar-refractivity contribution in [2.45, 2.75) is 45.1 Å². The topological polar surface area (TPSA) is 9.23 Å². The van der Waals surface area contributed by atoms with Crippen molar-refractivity contribution in [3.8, 4) is 0 Å². The molecule has 1 nitrogen and oxygen atoms in total. The summed E-state index contributed by atoms with van der Waals surface area (Å²) >= 11 is 3.69. The summed E-state index contributed by atoms with van der Waals surface area (Å²) < 4.78 is 5.76. The predicted octanol–water partition coefficient (Wildman–Crippen LogP) is 5.18. The molecule has 0 bridgehead atoms. The van der Waals surface area contributed by atoms with Crippen LogP contribution in [-0.4, -0.2) is 11.9 Å². The van der Waals surface area contributed by atoms with Crippen LogP contribution in [0.25, 0.3) is 0 Å². The van der Waals surface area contributed by atoms with Gasteiger partial charge in [-0.05, 0) is 30.2 Å². The van der Waals surface area contributed by atoms with E-state index >= 15 is 0 Å². The Bertz CT molecular complexity index is 332. The molecule has 1 atom stereocenters. The van der Waals surface area contributed by atoms with Gasteiger partial charge in [-0.15, -0.1) is 0 Å². The molecule has 0 amide bonds. The van der Waals surface area contributed by atoms with Crippen LogP contribution in [0.1, 0.15) is 44.1 Å². The molecule has 0 heterocycles. The Morgan fingerprint density at radius 2 is 1.89 bits per heavy atom. The molecule has 1 saturated carbocycles. The van der Waals surface area contributed by atoms with Gasteiger partial charge in [0.25, 0.3) is 0 Å². The SMILES string of the molecule is BrCC(CCCOCc1ccccc1)C1CCCC1. The third-order valence-electron chi connectivity index (χ3n) is 4.24. The quantitative estimate of drug-likeness (QED) is 0.472. The molecule has 1 aromatic rings. The van der Waals surface area contributed by atoms with E-state index in [0.717, 1.165) is 30.4 Å². The first kappa shape index (κ1) is 15.1. The van der Waals surface area contributed by atoms with Gasteiger partial charge in [-0.1, -0.05) is 71.9 Å². The molecule has 1 aliphatic rings. The first-order chi connectivity index (χ1) is 9.40. The van der Waals surface area contributed by atoms with Crippen LogP contribution in [0.3, 0.4) is 0 Å². The zero-order valence-corrected chi connectivity index (χ0v) is 13.3. The molecule has 0 aromatic heterocycles. The molecule has 1 unspecified atom stereocenters. The third kappa shape index (κ3) is 5.27. The predicted molar refractivity (Wildman–Crippen MR) is 84.6 cm³/mol. The fraction of sp³-hybridized carbons (Fsp3) is 0.647. The molecule has 0 saturated heterocycles. The standard InChI is InChI=1S/C17H25BrO/c18-13-17(16-9-4-5-10-16)11-6-12-19-14-15-7-2-1-3-8-15/h1-3,7-8,16-17H,4-6,9-14H2. The van der Waals surface area contributed by atoms with Crippen LogP contribution in [0.4, 0.5) is 0 Å². The first-order valence-corrected chi connectivity index (χ1v) is 8.70. The second-order valence-corrected chi connectivity index (χ2v) is 6.29. The molecule has 2 heteroatoms. The Morgan fingerprint density at radius 1 is 1.16 bits per heavy atom. The molecular formula is C17H25BrO. The van der Waals surface area contributed by atoms with Gasteiger partial charge < -0.3 is 4.74 Å².